The van der Waals surface area contributed by atoms with Crippen molar-refractivity contribution >= 4 is 27.6 Å². The van der Waals surface area contributed by atoms with Gasteiger partial charge in [0.15, 0.2) is 15.8 Å². The molecule has 0 radical (unpaired) electrons. The van der Waals surface area contributed by atoms with Crippen molar-refractivity contribution in [2.75, 3.05) is 63.6 Å². The lowest BCUT2D eigenvalue weighted by Crippen LogP contribution is -2.60. The third-order valence-electron chi connectivity index (χ3n) is 5.86. The van der Waals surface area contributed by atoms with Gasteiger partial charge >= 0.3 is 0 Å². The Morgan fingerprint density at radius 3 is 2.56 bits per heavy atom. The second kappa shape index (κ2) is 8.48. The van der Waals surface area contributed by atoms with E-state index < -0.39 is 14.6 Å². The van der Waals surface area contributed by atoms with Gasteiger partial charge < -0.3 is 10.2 Å². The molecule has 2 aliphatic heterocycles. The first kappa shape index (κ1) is 19.3. The summed E-state index contributed by atoms with van der Waals surface area (Å²) in [5.41, 5.74) is 0. The van der Waals surface area contributed by atoms with Crippen molar-refractivity contribution < 1.29 is 8.42 Å². The van der Waals surface area contributed by atoms with Crippen LogP contribution < -0.4 is 5.32 Å². The maximum Gasteiger partial charge on any atom is 0.193 e. The van der Waals surface area contributed by atoms with E-state index in [0.29, 0.717) is 13.1 Å². The van der Waals surface area contributed by atoms with Crippen LogP contribution in [0.3, 0.4) is 0 Å². The van der Waals surface area contributed by atoms with Crippen molar-refractivity contribution in [1.29, 1.82) is 0 Å². The average molecular weight is 389 g/mol. The SMILES string of the molecule is CN=C(NCCN1CCSCC1)N1CCS(=O)(=O)C2(CCCCC2)C1. The van der Waals surface area contributed by atoms with Crippen LogP contribution in [0.15, 0.2) is 4.99 Å². The smallest absolute Gasteiger partial charge is 0.193 e. The Kier molecular flexibility index (Phi) is 6.55. The van der Waals surface area contributed by atoms with Gasteiger partial charge in [0, 0.05) is 57.8 Å². The van der Waals surface area contributed by atoms with Crippen molar-refractivity contribution in [2.24, 2.45) is 4.99 Å². The van der Waals surface area contributed by atoms with Gasteiger partial charge in [0.1, 0.15) is 0 Å². The van der Waals surface area contributed by atoms with Crippen LogP contribution >= 0.6 is 11.8 Å². The number of sulfone groups is 1. The Morgan fingerprint density at radius 1 is 1.16 bits per heavy atom. The predicted molar refractivity (Wildman–Crippen MR) is 106 cm³/mol. The molecule has 0 unspecified atom stereocenters. The highest BCUT2D eigenvalue weighted by molar-refractivity contribution is 7.99. The van der Waals surface area contributed by atoms with E-state index in [4.69, 9.17) is 0 Å². The molecule has 3 fully saturated rings. The van der Waals surface area contributed by atoms with Crippen LogP contribution in [0.4, 0.5) is 0 Å². The fraction of sp³-hybridized carbons (Fsp3) is 0.941. The third kappa shape index (κ3) is 4.45. The van der Waals surface area contributed by atoms with Gasteiger partial charge in [-0.05, 0) is 12.8 Å². The summed E-state index contributed by atoms with van der Waals surface area (Å²) in [5.74, 6) is 3.57. The van der Waals surface area contributed by atoms with Gasteiger partial charge in [0.25, 0.3) is 0 Å². The highest BCUT2D eigenvalue weighted by Gasteiger charge is 2.48. The van der Waals surface area contributed by atoms with Gasteiger partial charge in [-0.2, -0.15) is 11.8 Å². The summed E-state index contributed by atoms with van der Waals surface area (Å²) < 4.78 is 24.9. The number of hydrogen-bond acceptors (Lipinski definition) is 5. The molecular weight excluding hydrogens is 356 g/mol. The molecule has 1 aliphatic carbocycles. The largest absolute Gasteiger partial charge is 0.355 e. The first-order chi connectivity index (χ1) is 12.1. The van der Waals surface area contributed by atoms with E-state index in [1.54, 1.807) is 7.05 Å². The molecule has 2 heterocycles. The summed E-state index contributed by atoms with van der Waals surface area (Å²) in [6, 6.07) is 0. The van der Waals surface area contributed by atoms with Crippen LogP contribution in [0.25, 0.3) is 0 Å². The molecule has 1 saturated carbocycles. The van der Waals surface area contributed by atoms with Gasteiger partial charge in [0.2, 0.25) is 0 Å². The van der Waals surface area contributed by atoms with E-state index in [2.05, 4.69) is 20.1 Å². The van der Waals surface area contributed by atoms with Crippen molar-refractivity contribution in [3.63, 3.8) is 0 Å². The molecule has 3 aliphatic rings. The number of guanidine groups is 1. The van der Waals surface area contributed by atoms with Crippen molar-refractivity contribution in [1.82, 2.24) is 15.1 Å². The number of rotatable bonds is 3. The minimum atomic E-state index is -2.99. The fourth-order valence-electron chi connectivity index (χ4n) is 4.30. The quantitative estimate of drug-likeness (QED) is 0.576. The van der Waals surface area contributed by atoms with Gasteiger partial charge in [0.05, 0.1) is 10.5 Å². The number of aliphatic imine (C=N–C) groups is 1. The zero-order chi connectivity index (χ0) is 17.8. The minimum Gasteiger partial charge on any atom is -0.355 e. The van der Waals surface area contributed by atoms with E-state index >= 15 is 0 Å². The Morgan fingerprint density at radius 2 is 1.88 bits per heavy atom. The minimum absolute atomic E-state index is 0.261. The average Bonchev–Trinajstić information content (AvgIpc) is 2.63. The van der Waals surface area contributed by atoms with E-state index in [0.717, 1.165) is 57.8 Å². The zero-order valence-electron chi connectivity index (χ0n) is 15.4. The maximum absolute atomic E-state index is 12.7. The summed E-state index contributed by atoms with van der Waals surface area (Å²) in [7, 11) is -1.19. The lowest BCUT2D eigenvalue weighted by Gasteiger charge is -2.45. The van der Waals surface area contributed by atoms with E-state index in [9.17, 15) is 8.42 Å². The van der Waals surface area contributed by atoms with Crippen LogP contribution in [-0.4, -0.2) is 92.5 Å². The highest BCUT2D eigenvalue weighted by atomic mass is 32.2. The number of thioether (sulfide) groups is 1. The van der Waals surface area contributed by atoms with Crippen LogP contribution in [0, 0.1) is 0 Å². The molecule has 0 aromatic heterocycles. The van der Waals surface area contributed by atoms with Crippen molar-refractivity contribution in [3.8, 4) is 0 Å². The fourth-order valence-corrected chi connectivity index (χ4v) is 7.44. The summed E-state index contributed by atoms with van der Waals surface area (Å²) in [6.45, 7) is 5.38. The molecule has 25 heavy (non-hydrogen) atoms. The molecule has 0 atom stereocenters. The first-order valence-electron chi connectivity index (χ1n) is 9.54. The monoisotopic (exact) mass is 388 g/mol. The molecule has 0 aromatic rings. The molecule has 3 rings (SSSR count). The summed E-state index contributed by atoms with van der Waals surface area (Å²) in [5, 5.41) is 3.47. The zero-order valence-corrected chi connectivity index (χ0v) is 17.0. The summed E-state index contributed by atoms with van der Waals surface area (Å²) in [6.07, 6.45) is 4.86. The summed E-state index contributed by atoms with van der Waals surface area (Å²) in [4.78, 5) is 9.10. The lowest BCUT2D eigenvalue weighted by atomic mass is 9.87. The molecule has 0 bridgehead atoms. The van der Waals surface area contributed by atoms with Crippen LogP contribution in [0.1, 0.15) is 32.1 Å². The second-order valence-electron chi connectivity index (χ2n) is 7.41. The van der Waals surface area contributed by atoms with Gasteiger partial charge in [-0.25, -0.2) is 8.42 Å². The Hall–Kier alpha value is -0.470. The molecule has 144 valence electrons. The first-order valence-corrected chi connectivity index (χ1v) is 12.4. The van der Waals surface area contributed by atoms with Crippen molar-refractivity contribution in [3.05, 3.63) is 0 Å². The van der Waals surface area contributed by atoms with E-state index in [-0.39, 0.29) is 5.75 Å². The predicted octanol–water partition coefficient (Wildman–Crippen LogP) is 1.04. The normalized spacial score (nSPS) is 27.4. The highest BCUT2D eigenvalue weighted by Crippen LogP contribution is 2.38. The van der Waals surface area contributed by atoms with E-state index in [1.807, 2.05) is 11.8 Å². The summed E-state index contributed by atoms with van der Waals surface area (Å²) >= 11 is 2.03. The molecule has 0 aromatic carbocycles. The molecule has 6 nitrogen and oxygen atoms in total. The maximum atomic E-state index is 12.7. The number of nitrogens with zero attached hydrogens (tertiary/aromatic N) is 3. The van der Waals surface area contributed by atoms with Gasteiger partial charge in [-0.15, -0.1) is 0 Å². The lowest BCUT2D eigenvalue weighted by molar-refractivity contribution is 0.270. The molecule has 8 heteroatoms. The van der Waals surface area contributed by atoms with E-state index in [1.165, 1.54) is 17.9 Å². The van der Waals surface area contributed by atoms with Gasteiger partial charge in [-0.1, -0.05) is 19.3 Å². The third-order valence-corrected chi connectivity index (χ3v) is 9.38. The molecule has 0 amide bonds. The van der Waals surface area contributed by atoms with Crippen molar-refractivity contribution in [2.45, 2.75) is 36.9 Å². The Bertz CT molecular complexity index is 567. The molecule has 1 N–H and O–H groups in total. The number of nitrogens with one attached hydrogen (secondary N) is 1. The van der Waals surface area contributed by atoms with Crippen LogP contribution in [0.5, 0.6) is 0 Å². The van der Waals surface area contributed by atoms with Crippen LogP contribution in [0.2, 0.25) is 0 Å². The number of hydrogen-bond donors (Lipinski definition) is 1. The molecule has 1 spiro atoms. The standard InChI is InChI=1S/C17H32N4O2S2/c1-18-16(19-7-8-20-9-12-24-13-10-20)21-11-14-25(22,23)17(15-21)5-3-2-4-6-17/h2-15H2,1H3,(H,18,19). The molecular formula is C17H32N4O2S2. The second-order valence-corrected chi connectivity index (χ2v) is 11.1. The topological polar surface area (TPSA) is 65.0 Å². The Labute approximate surface area is 156 Å². The Balaban J connectivity index is 1.57. The van der Waals surface area contributed by atoms with Gasteiger partial charge in [-0.3, -0.25) is 9.89 Å². The molecule has 2 saturated heterocycles. The van der Waals surface area contributed by atoms with Crippen LogP contribution in [-0.2, 0) is 9.84 Å².